The van der Waals surface area contributed by atoms with Crippen molar-refractivity contribution in [3.63, 3.8) is 0 Å². The minimum absolute atomic E-state index is 0.221. The van der Waals surface area contributed by atoms with Crippen LogP contribution < -0.4 is 11.5 Å². The Morgan fingerprint density at radius 3 is 2.70 bits per heavy atom. The highest BCUT2D eigenvalue weighted by atomic mass is 79.9. The van der Waals surface area contributed by atoms with Crippen LogP contribution in [0.2, 0.25) is 0 Å². The van der Waals surface area contributed by atoms with Crippen LogP contribution in [0.4, 0.5) is 5.69 Å². The van der Waals surface area contributed by atoms with Crippen LogP contribution in [0.25, 0.3) is 0 Å². The average Bonchev–Trinajstić information content (AvgIpc) is 2.74. The fraction of sp³-hybridized carbons (Fsp3) is 0.214. The van der Waals surface area contributed by atoms with Gasteiger partial charge in [-0.3, -0.25) is 9.69 Å². The third-order valence-corrected chi connectivity index (χ3v) is 4.71. The van der Waals surface area contributed by atoms with Gasteiger partial charge in [-0.25, -0.2) is 0 Å². The van der Waals surface area contributed by atoms with Crippen LogP contribution >= 0.6 is 27.3 Å². The van der Waals surface area contributed by atoms with Crippen molar-refractivity contribution in [2.24, 2.45) is 5.73 Å². The summed E-state index contributed by atoms with van der Waals surface area (Å²) in [5.74, 6) is -0.332. The summed E-state index contributed by atoms with van der Waals surface area (Å²) in [6.07, 6.45) is 0. The zero-order chi connectivity index (χ0) is 14.5. The molecule has 0 aliphatic rings. The monoisotopic (exact) mass is 353 g/mol. The molecule has 20 heavy (non-hydrogen) atoms. The highest BCUT2D eigenvalue weighted by molar-refractivity contribution is 9.10. The summed E-state index contributed by atoms with van der Waals surface area (Å²) < 4.78 is 1.06. The van der Waals surface area contributed by atoms with Crippen LogP contribution in [0.1, 0.15) is 10.4 Å². The van der Waals surface area contributed by atoms with E-state index in [4.69, 9.17) is 11.5 Å². The molecule has 0 atom stereocenters. The van der Waals surface area contributed by atoms with Gasteiger partial charge in [0, 0.05) is 28.1 Å². The number of halogens is 1. The van der Waals surface area contributed by atoms with E-state index in [0.29, 0.717) is 13.1 Å². The molecule has 2 rings (SSSR count). The van der Waals surface area contributed by atoms with Gasteiger partial charge < -0.3 is 11.5 Å². The van der Waals surface area contributed by atoms with E-state index in [0.717, 1.165) is 15.7 Å². The summed E-state index contributed by atoms with van der Waals surface area (Å²) in [6, 6.07) is 9.67. The largest absolute Gasteiger partial charge is 0.399 e. The molecule has 1 heterocycles. The van der Waals surface area contributed by atoms with Crippen molar-refractivity contribution < 1.29 is 4.79 Å². The summed E-state index contributed by atoms with van der Waals surface area (Å²) in [6.45, 7) is 1.54. The molecule has 0 saturated heterocycles. The summed E-state index contributed by atoms with van der Waals surface area (Å²) >= 11 is 5.16. The maximum absolute atomic E-state index is 11.2. The van der Waals surface area contributed by atoms with E-state index < -0.39 is 0 Å². The van der Waals surface area contributed by atoms with Gasteiger partial charge in [0.2, 0.25) is 5.91 Å². The number of primary amides is 1. The predicted octanol–water partition coefficient (Wildman–Crippen LogP) is 2.58. The number of thiophene rings is 1. The van der Waals surface area contributed by atoms with Crippen LogP contribution in [-0.4, -0.2) is 17.4 Å². The molecule has 0 aliphatic carbocycles. The molecule has 1 aromatic heterocycles. The first-order valence-corrected chi connectivity index (χ1v) is 7.79. The van der Waals surface area contributed by atoms with Crippen molar-refractivity contribution in [2.45, 2.75) is 13.1 Å². The second-order valence-electron chi connectivity index (χ2n) is 4.55. The van der Waals surface area contributed by atoms with E-state index in [1.54, 1.807) is 11.3 Å². The highest BCUT2D eigenvalue weighted by Gasteiger charge is 2.12. The number of carbonyl (C=O) groups excluding carboxylic acids is 1. The summed E-state index contributed by atoms with van der Waals surface area (Å²) in [7, 11) is 0. The predicted molar refractivity (Wildman–Crippen MR) is 86.2 cm³/mol. The molecule has 0 saturated carbocycles. The molecule has 4 nitrogen and oxygen atoms in total. The Morgan fingerprint density at radius 2 is 2.10 bits per heavy atom. The van der Waals surface area contributed by atoms with Crippen LogP contribution in [0, 0.1) is 0 Å². The lowest BCUT2D eigenvalue weighted by molar-refractivity contribution is -0.119. The number of amides is 1. The van der Waals surface area contributed by atoms with Gasteiger partial charge in [0.1, 0.15) is 0 Å². The number of rotatable bonds is 6. The Morgan fingerprint density at radius 1 is 1.30 bits per heavy atom. The molecular weight excluding hydrogens is 338 g/mol. The Balaban J connectivity index is 2.11. The van der Waals surface area contributed by atoms with E-state index >= 15 is 0 Å². The second kappa shape index (κ2) is 6.88. The zero-order valence-electron chi connectivity index (χ0n) is 10.9. The average molecular weight is 354 g/mol. The topological polar surface area (TPSA) is 72.4 Å². The van der Waals surface area contributed by atoms with E-state index in [9.17, 15) is 4.79 Å². The number of anilines is 1. The lowest BCUT2D eigenvalue weighted by atomic mass is 10.2. The molecule has 4 N–H and O–H groups in total. The van der Waals surface area contributed by atoms with E-state index in [2.05, 4.69) is 15.9 Å². The van der Waals surface area contributed by atoms with Gasteiger partial charge in [0.05, 0.1) is 6.54 Å². The Bertz CT molecular complexity index is 600. The fourth-order valence-corrected chi connectivity index (χ4v) is 3.50. The number of nitrogens with zero attached hydrogens (tertiary/aromatic N) is 1. The quantitative estimate of drug-likeness (QED) is 0.784. The third kappa shape index (κ3) is 4.33. The number of benzene rings is 1. The molecule has 1 amide bonds. The van der Waals surface area contributed by atoms with Crippen molar-refractivity contribution in [1.29, 1.82) is 0 Å². The van der Waals surface area contributed by atoms with Gasteiger partial charge in [-0.05, 0) is 45.1 Å². The van der Waals surface area contributed by atoms with E-state index in [1.165, 1.54) is 4.88 Å². The molecule has 0 fully saturated rings. The molecule has 1 aromatic carbocycles. The Hall–Kier alpha value is -1.37. The maximum atomic E-state index is 11.2. The Kier molecular flexibility index (Phi) is 5.17. The number of carbonyl (C=O) groups is 1. The molecule has 0 bridgehead atoms. The van der Waals surface area contributed by atoms with Crippen molar-refractivity contribution in [3.05, 3.63) is 50.6 Å². The highest BCUT2D eigenvalue weighted by Crippen LogP contribution is 2.24. The van der Waals surface area contributed by atoms with E-state index in [1.807, 2.05) is 40.6 Å². The van der Waals surface area contributed by atoms with E-state index in [-0.39, 0.29) is 12.5 Å². The van der Waals surface area contributed by atoms with Crippen LogP contribution in [0.5, 0.6) is 0 Å². The van der Waals surface area contributed by atoms with Gasteiger partial charge in [0.15, 0.2) is 0 Å². The number of hydrogen-bond donors (Lipinski definition) is 2. The van der Waals surface area contributed by atoms with Gasteiger partial charge >= 0.3 is 0 Å². The molecule has 2 aromatic rings. The molecule has 6 heteroatoms. The van der Waals surface area contributed by atoms with Gasteiger partial charge in [-0.15, -0.1) is 11.3 Å². The minimum Gasteiger partial charge on any atom is -0.399 e. The maximum Gasteiger partial charge on any atom is 0.231 e. The first kappa shape index (κ1) is 15.0. The minimum atomic E-state index is -0.332. The molecule has 106 valence electrons. The number of hydrogen-bond acceptors (Lipinski definition) is 4. The summed E-state index contributed by atoms with van der Waals surface area (Å²) in [5, 5.41) is 2.02. The number of nitrogen functional groups attached to an aromatic ring is 1. The summed E-state index contributed by atoms with van der Waals surface area (Å²) in [5.41, 5.74) is 12.9. The van der Waals surface area contributed by atoms with Crippen LogP contribution in [-0.2, 0) is 17.9 Å². The molecule has 0 unspecified atom stereocenters. The van der Waals surface area contributed by atoms with Crippen LogP contribution in [0.3, 0.4) is 0 Å². The lowest BCUT2D eigenvalue weighted by Crippen LogP contribution is -2.32. The third-order valence-electron chi connectivity index (χ3n) is 2.79. The molecular formula is C14H16BrN3OS. The zero-order valence-corrected chi connectivity index (χ0v) is 13.3. The fourth-order valence-electron chi connectivity index (χ4n) is 1.98. The summed E-state index contributed by atoms with van der Waals surface area (Å²) in [4.78, 5) is 14.4. The van der Waals surface area contributed by atoms with Crippen molar-refractivity contribution >= 4 is 38.9 Å². The lowest BCUT2D eigenvalue weighted by Gasteiger charge is -2.20. The smallest absolute Gasteiger partial charge is 0.231 e. The normalized spacial score (nSPS) is 10.9. The van der Waals surface area contributed by atoms with Gasteiger partial charge in [0.25, 0.3) is 0 Å². The first-order chi connectivity index (χ1) is 9.54. The van der Waals surface area contributed by atoms with Gasteiger partial charge in [-0.1, -0.05) is 12.1 Å². The molecule has 0 aliphatic heterocycles. The van der Waals surface area contributed by atoms with Crippen LogP contribution in [0.15, 0.2) is 40.2 Å². The first-order valence-electron chi connectivity index (χ1n) is 6.11. The SMILES string of the molecule is NC(=O)CN(Cc1cccc(N)c1)Cc1sccc1Br. The van der Waals surface area contributed by atoms with Gasteiger partial charge in [-0.2, -0.15) is 0 Å². The molecule has 0 radical (unpaired) electrons. The molecule has 0 spiro atoms. The van der Waals surface area contributed by atoms with Crippen molar-refractivity contribution in [2.75, 3.05) is 12.3 Å². The standard InChI is InChI=1S/C14H16BrN3OS/c15-12-4-5-20-13(12)8-18(9-14(17)19)7-10-2-1-3-11(16)6-10/h1-6H,7-9,16H2,(H2,17,19). The second-order valence-corrected chi connectivity index (χ2v) is 6.40. The Labute approximate surface area is 130 Å². The number of nitrogens with two attached hydrogens (primary N) is 2. The van der Waals surface area contributed by atoms with Crippen molar-refractivity contribution in [1.82, 2.24) is 4.90 Å². The van der Waals surface area contributed by atoms with Crippen molar-refractivity contribution in [3.8, 4) is 0 Å².